The molecule has 0 saturated heterocycles. The summed E-state index contributed by atoms with van der Waals surface area (Å²) in [6.45, 7) is -0.107. The number of hydrogen-bond acceptors (Lipinski definition) is 4. The average Bonchev–Trinajstić information content (AvgIpc) is 2.61. The third kappa shape index (κ3) is 2.63. The van der Waals surface area contributed by atoms with E-state index in [1.807, 2.05) is 0 Å². The molecule has 3 rings (SSSR count). The van der Waals surface area contributed by atoms with Gasteiger partial charge in [0.05, 0.1) is 18.0 Å². The van der Waals surface area contributed by atoms with E-state index in [1.165, 1.54) is 7.11 Å². The minimum Gasteiger partial charge on any atom is -0.494 e. The molecule has 0 spiro atoms. The zero-order valence-corrected chi connectivity index (χ0v) is 13.0. The molecule has 0 atom stereocenters. The maximum absolute atomic E-state index is 12.9. The number of rotatable bonds is 4. The lowest BCUT2D eigenvalue weighted by molar-refractivity contribution is 0.178. The van der Waals surface area contributed by atoms with Gasteiger partial charge in [-0.1, -0.05) is 36.4 Å². The minimum absolute atomic E-state index is 0.0183. The molecule has 2 aromatic carbocycles. The quantitative estimate of drug-likeness (QED) is 0.795. The van der Waals surface area contributed by atoms with Gasteiger partial charge in [0.25, 0.3) is 5.56 Å². The van der Waals surface area contributed by atoms with Crippen molar-refractivity contribution in [1.29, 1.82) is 0 Å². The molecule has 6 nitrogen and oxygen atoms in total. The van der Waals surface area contributed by atoms with Crippen LogP contribution in [0, 0.1) is 0 Å². The number of ether oxygens (including phenoxy) is 1. The lowest BCUT2D eigenvalue weighted by atomic mass is 10.2. The predicted octanol–water partition coefficient (Wildman–Crippen LogP) is 1.84. The van der Waals surface area contributed by atoms with Crippen LogP contribution in [0.3, 0.4) is 0 Å². The third-order valence-corrected chi connectivity index (χ3v) is 3.64. The third-order valence-electron chi connectivity index (χ3n) is 3.64. The van der Waals surface area contributed by atoms with Crippen molar-refractivity contribution >= 4 is 0 Å². The predicted molar refractivity (Wildman–Crippen MR) is 90.0 cm³/mol. The van der Waals surface area contributed by atoms with Crippen molar-refractivity contribution in [2.45, 2.75) is 6.61 Å². The van der Waals surface area contributed by atoms with E-state index in [4.69, 9.17) is 4.74 Å². The molecule has 3 aromatic rings. The molecule has 0 amide bonds. The molecule has 122 valence electrons. The second-order valence-corrected chi connectivity index (χ2v) is 5.16. The fraction of sp³-hybridized carbons (Fsp3) is 0.111. The number of benzene rings is 2. The number of hydrogen-bond donors (Lipinski definition) is 1. The van der Waals surface area contributed by atoms with Crippen LogP contribution in [-0.4, -0.2) is 21.4 Å². The van der Waals surface area contributed by atoms with Gasteiger partial charge in [-0.25, -0.2) is 13.9 Å². The number of nitrogens with zero attached hydrogens (tertiary/aromatic N) is 2. The summed E-state index contributed by atoms with van der Waals surface area (Å²) in [4.78, 5) is 25.6. The fourth-order valence-corrected chi connectivity index (χ4v) is 2.53. The van der Waals surface area contributed by atoms with E-state index in [0.717, 1.165) is 9.13 Å². The second-order valence-electron chi connectivity index (χ2n) is 5.16. The molecule has 1 aromatic heterocycles. The number of para-hydroxylation sites is 2. The van der Waals surface area contributed by atoms with Gasteiger partial charge >= 0.3 is 5.69 Å². The second kappa shape index (κ2) is 6.55. The van der Waals surface area contributed by atoms with Gasteiger partial charge in [0, 0.05) is 7.11 Å². The first-order valence-electron chi connectivity index (χ1n) is 7.35. The molecule has 0 unspecified atom stereocenters. The van der Waals surface area contributed by atoms with Gasteiger partial charge < -0.3 is 9.84 Å². The van der Waals surface area contributed by atoms with Gasteiger partial charge in [-0.15, -0.1) is 0 Å². The van der Waals surface area contributed by atoms with Crippen LogP contribution in [0.25, 0.3) is 11.4 Å². The van der Waals surface area contributed by atoms with Crippen LogP contribution < -0.4 is 11.2 Å². The Labute approximate surface area is 137 Å². The molecule has 1 N–H and O–H groups in total. The first kappa shape index (κ1) is 15.8. The van der Waals surface area contributed by atoms with E-state index in [1.54, 1.807) is 60.7 Å². The molecule has 0 aliphatic heterocycles. The van der Waals surface area contributed by atoms with Crippen molar-refractivity contribution in [3.8, 4) is 17.3 Å². The highest BCUT2D eigenvalue weighted by atomic mass is 16.5. The molecule has 0 fully saturated rings. The summed E-state index contributed by atoms with van der Waals surface area (Å²) in [6.07, 6.45) is 0. The van der Waals surface area contributed by atoms with Crippen molar-refractivity contribution < 1.29 is 9.84 Å². The van der Waals surface area contributed by atoms with Gasteiger partial charge in [0.1, 0.15) is 5.56 Å². The zero-order chi connectivity index (χ0) is 17.1. The molecular weight excluding hydrogens is 308 g/mol. The SMILES string of the molecule is COCc1c(O)n(-c2ccccc2)c(=O)n(-c2ccccc2)c1=O. The van der Waals surface area contributed by atoms with Crippen LogP contribution in [0.5, 0.6) is 5.88 Å². The monoisotopic (exact) mass is 324 g/mol. The van der Waals surface area contributed by atoms with Crippen LogP contribution in [0.2, 0.25) is 0 Å². The lowest BCUT2D eigenvalue weighted by Gasteiger charge is -2.15. The van der Waals surface area contributed by atoms with Gasteiger partial charge in [0.2, 0.25) is 5.88 Å². The summed E-state index contributed by atoms with van der Waals surface area (Å²) in [5, 5.41) is 10.5. The minimum atomic E-state index is -0.644. The van der Waals surface area contributed by atoms with Crippen molar-refractivity contribution in [1.82, 2.24) is 9.13 Å². The van der Waals surface area contributed by atoms with Gasteiger partial charge in [0.15, 0.2) is 0 Å². The Morgan fingerprint density at radius 2 is 1.38 bits per heavy atom. The summed E-state index contributed by atoms with van der Waals surface area (Å²) >= 11 is 0. The normalized spacial score (nSPS) is 10.7. The first-order chi connectivity index (χ1) is 11.6. The Morgan fingerprint density at radius 3 is 1.88 bits per heavy atom. The summed E-state index contributed by atoms with van der Waals surface area (Å²) in [5.74, 6) is -0.412. The summed E-state index contributed by atoms with van der Waals surface area (Å²) in [5.41, 5.74) is -0.339. The molecule has 24 heavy (non-hydrogen) atoms. The molecule has 0 aliphatic carbocycles. The highest BCUT2D eigenvalue weighted by molar-refractivity contribution is 5.41. The largest absolute Gasteiger partial charge is 0.494 e. The van der Waals surface area contributed by atoms with E-state index < -0.39 is 17.1 Å². The number of methoxy groups -OCH3 is 1. The molecule has 6 heteroatoms. The van der Waals surface area contributed by atoms with Crippen molar-refractivity contribution in [3.05, 3.63) is 87.1 Å². The molecule has 1 heterocycles. The average molecular weight is 324 g/mol. The van der Waals surface area contributed by atoms with Crippen molar-refractivity contribution in [2.24, 2.45) is 0 Å². The summed E-state index contributed by atoms with van der Waals surface area (Å²) < 4.78 is 7.15. The lowest BCUT2D eigenvalue weighted by Crippen LogP contribution is -2.40. The summed E-state index contributed by atoms with van der Waals surface area (Å²) in [7, 11) is 1.42. The highest BCUT2D eigenvalue weighted by Gasteiger charge is 2.20. The van der Waals surface area contributed by atoms with Crippen LogP contribution in [-0.2, 0) is 11.3 Å². The van der Waals surface area contributed by atoms with E-state index in [0.29, 0.717) is 11.4 Å². The standard InChI is InChI=1S/C18H16N2O4/c1-24-12-15-16(21)19(13-8-4-2-5-9-13)18(23)20(17(15)22)14-10-6-3-7-11-14/h2-11,21H,12H2,1H3. The van der Waals surface area contributed by atoms with E-state index >= 15 is 0 Å². The molecule has 0 bridgehead atoms. The highest BCUT2D eigenvalue weighted by Crippen LogP contribution is 2.18. The Balaban J connectivity index is 2.41. The fourth-order valence-electron chi connectivity index (χ4n) is 2.53. The van der Waals surface area contributed by atoms with E-state index in [9.17, 15) is 14.7 Å². The van der Waals surface area contributed by atoms with Crippen molar-refractivity contribution in [3.63, 3.8) is 0 Å². The van der Waals surface area contributed by atoms with Crippen molar-refractivity contribution in [2.75, 3.05) is 7.11 Å². The molecule has 0 aliphatic rings. The van der Waals surface area contributed by atoms with E-state index in [-0.39, 0.29) is 12.2 Å². The molecule has 0 saturated carbocycles. The van der Waals surface area contributed by atoms with Gasteiger partial charge in [-0.05, 0) is 24.3 Å². The first-order valence-corrected chi connectivity index (χ1v) is 7.35. The van der Waals surface area contributed by atoms with Crippen LogP contribution in [0.15, 0.2) is 70.3 Å². The Kier molecular flexibility index (Phi) is 4.31. The van der Waals surface area contributed by atoms with Crippen LogP contribution in [0.1, 0.15) is 5.56 Å². The van der Waals surface area contributed by atoms with Gasteiger partial charge in [-0.3, -0.25) is 4.79 Å². The maximum Gasteiger partial charge on any atom is 0.343 e. The Bertz CT molecular complexity index is 960. The molecule has 0 radical (unpaired) electrons. The van der Waals surface area contributed by atoms with Gasteiger partial charge in [-0.2, -0.15) is 0 Å². The topological polar surface area (TPSA) is 73.5 Å². The number of aromatic hydroxyl groups is 1. The zero-order valence-electron chi connectivity index (χ0n) is 13.0. The Morgan fingerprint density at radius 1 is 0.875 bits per heavy atom. The summed E-state index contributed by atoms with van der Waals surface area (Å²) in [6, 6.07) is 17.2. The van der Waals surface area contributed by atoms with Crippen LogP contribution in [0.4, 0.5) is 0 Å². The maximum atomic E-state index is 12.9. The van der Waals surface area contributed by atoms with Crippen LogP contribution >= 0.6 is 0 Å². The number of aromatic nitrogens is 2. The molecular formula is C18H16N2O4. The Hall–Kier alpha value is -3.12. The van der Waals surface area contributed by atoms with E-state index in [2.05, 4.69) is 0 Å². The smallest absolute Gasteiger partial charge is 0.343 e.